The van der Waals surface area contributed by atoms with Crippen molar-refractivity contribution in [3.05, 3.63) is 82.1 Å². The molecule has 28 heavy (non-hydrogen) atoms. The zero-order valence-corrected chi connectivity index (χ0v) is 17.0. The fourth-order valence-corrected chi connectivity index (χ4v) is 3.57. The fourth-order valence-electron chi connectivity index (χ4n) is 3.23. The van der Waals surface area contributed by atoms with Gasteiger partial charge in [0.25, 0.3) is 0 Å². The standard InChI is InChI=1S/C22H21BrN2O3/c23-17-9-10-18(20(14-17)28-15-16-6-2-1-3-7-16)22(26)19-11-12-25(24-19)21-8-4-5-13-27-21/h1-3,6-7,9-12,14,21H,4-5,8,13,15H2. The molecule has 5 nitrogen and oxygen atoms in total. The van der Waals surface area contributed by atoms with Gasteiger partial charge in [0.1, 0.15) is 24.3 Å². The summed E-state index contributed by atoms with van der Waals surface area (Å²) < 4.78 is 14.3. The maximum absolute atomic E-state index is 13.1. The van der Waals surface area contributed by atoms with E-state index in [1.54, 1.807) is 16.8 Å². The smallest absolute Gasteiger partial charge is 0.216 e. The SMILES string of the molecule is O=C(c1ccn(C2CCCCO2)n1)c1ccc(Br)cc1OCc1ccccc1. The van der Waals surface area contributed by atoms with E-state index in [4.69, 9.17) is 9.47 Å². The summed E-state index contributed by atoms with van der Waals surface area (Å²) in [6, 6.07) is 17.0. The van der Waals surface area contributed by atoms with Gasteiger partial charge in [-0.2, -0.15) is 5.10 Å². The van der Waals surface area contributed by atoms with Gasteiger partial charge < -0.3 is 9.47 Å². The molecule has 3 aromatic rings. The van der Waals surface area contributed by atoms with E-state index in [1.165, 1.54) is 0 Å². The van der Waals surface area contributed by atoms with Crippen molar-refractivity contribution in [1.82, 2.24) is 9.78 Å². The summed E-state index contributed by atoms with van der Waals surface area (Å²) in [5, 5.41) is 4.47. The number of nitrogens with zero attached hydrogens (tertiary/aromatic N) is 2. The molecule has 0 radical (unpaired) electrons. The topological polar surface area (TPSA) is 53.4 Å². The van der Waals surface area contributed by atoms with Crippen molar-refractivity contribution in [1.29, 1.82) is 0 Å². The summed E-state index contributed by atoms with van der Waals surface area (Å²) in [6.45, 7) is 1.12. The van der Waals surface area contributed by atoms with Crippen LogP contribution >= 0.6 is 15.9 Å². The molecule has 1 aliphatic heterocycles. The van der Waals surface area contributed by atoms with Crippen molar-refractivity contribution in [3.8, 4) is 5.75 Å². The molecule has 0 bridgehead atoms. The minimum absolute atomic E-state index is 0.0889. The van der Waals surface area contributed by atoms with E-state index < -0.39 is 0 Å². The van der Waals surface area contributed by atoms with E-state index in [-0.39, 0.29) is 12.0 Å². The average Bonchev–Trinajstić information content (AvgIpc) is 3.24. The Bertz CT molecular complexity index is 949. The molecule has 1 aliphatic rings. The zero-order valence-electron chi connectivity index (χ0n) is 15.4. The molecular weight excluding hydrogens is 420 g/mol. The van der Waals surface area contributed by atoms with Crippen molar-refractivity contribution in [2.45, 2.75) is 32.1 Å². The number of aromatic nitrogens is 2. The van der Waals surface area contributed by atoms with Crippen LogP contribution in [0.1, 0.15) is 47.1 Å². The van der Waals surface area contributed by atoms with Crippen molar-refractivity contribution >= 4 is 21.7 Å². The van der Waals surface area contributed by atoms with Gasteiger partial charge in [0, 0.05) is 17.3 Å². The van der Waals surface area contributed by atoms with Crippen LogP contribution < -0.4 is 4.74 Å². The van der Waals surface area contributed by atoms with E-state index in [1.807, 2.05) is 48.7 Å². The fraction of sp³-hybridized carbons (Fsp3) is 0.273. The highest BCUT2D eigenvalue weighted by Gasteiger charge is 2.21. The maximum atomic E-state index is 13.1. The molecule has 0 aliphatic carbocycles. The molecule has 4 rings (SSSR count). The van der Waals surface area contributed by atoms with Gasteiger partial charge in [-0.05, 0) is 49.1 Å². The maximum Gasteiger partial charge on any atom is 0.216 e. The monoisotopic (exact) mass is 440 g/mol. The van der Waals surface area contributed by atoms with Gasteiger partial charge in [-0.15, -0.1) is 0 Å². The van der Waals surface area contributed by atoms with Crippen LogP contribution in [0.4, 0.5) is 0 Å². The largest absolute Gasteiger partial charge is 0.488 e. The van der Waals surface area contributed by atoms with Gasteiger partial charge in [0.2, 0.25) is 5.78 Å². The second kappa shape index (κ2) is 8.71. The molecule has 1 fully saturated rings. The third-order valence-electron chi connectivity index (χ3n) is 4.72. The van der Waals surface area contributed by atoms with E-state index in [0.29, 0.717) is 23.6 Å². The molecule has 6 heteroatoms. The molecule has 0 N–H and O–H groups in total. The number of hydrogen-bond acceptors (Lipinski definition) is 4. The highest BCUT2D eigenvalue weighted by Crippen LogP contribution is 2.27. The van der Waals surface area contributed by atoms with Gasteiger partial charge in [0.15, 0.2) is 0 Å². The van der Waals surface area contributed by atoms with E-state index in [9.17, 15) is 4.79 Å². The van der Waals surface area contributed by atoms with Gasteiger partial charge in [-0.3, -0.25) is 4.79 Å². The number of carbonyl (C=O) groups excluding carboxylic acids is 1. The normalized spacial score (nSPS) is 16.7. The zero-order chi connectivity index (χ0) is 19.3. The second-order valence-corrected chi connectivity index (χ2v) is 7.66. The average molecular weight is 441 g/mol. The predicted octanol–water partition coefficient (Wildman–Crippen LogP) is 5.15. The lowest BCUT2D eigenvalue weighted by molar-refractivity contribution is -0.0395. The Morgan fingerprint density at radius 1 is 1.18 bits per heavy atom. The minimum Gasteiger partial charge on any atom is -0.488 e. The first-order valence-corrected chi connectivity index (χ1v) is 10.2. The summed E-state index contributed by atoms with van der Waals surface area (Å²) in [5.74, 6) is 0.372. The first-order chi connectivity index (χ1) is 13.7. The molecule has 1 atom stereocenters. The van der Waals surface area contributed by atoms with Gasteiger partial charge in [-0.1, -0.05) is 46.3 Å². The predicted molar refractivity (Wildman–Crippen MR) is 109 cm³/mol. The molecule has 0 spiro atoms. The summed E-state index contributed by atoms with van der Waals surface area (Å²) in [4.78, 5) is 13.1. The van der Waals surface area contributed by atoms with Gasteiger partial charge >= 0.3 is 0 Å². The van der Waals surface area contributed by atoms with Crippen molar-refractivity contribution in [2.24, 2.45) is 0 Å². The number of ether oxygens (including phenoxy) is 2. The Labute approximate surface area is 172 Å². The van der Waals surface area contributed by atoms with Crippen molar-refractivity contribution < 1.29 is 14.3 Å². The van der Waals surface area contributed by atoms with Gasteiger partial charge in [-0.25, -0.2) is 4.68 Å². The van der Waals surface area contributed by atoms with Crippen LogP contribution in [0, 0.1) is 0 Å². The van der Waals surface area contributed by atoms with Crippen molar-refractivity contribution in [3.63, 3.8) is 0 Å². The number of benzene rings is 2. The number of halogens is 1. The molecule has 2 aromatic carbocycles. The quantitative estimate of drug-likeness (QED) is 0.497. The lowest BCUT2D eigenvalue weighted by Crippen LogP contribution is -2.19. The summed E-state index contributed by atoms with van der Waals surface area (Å²) >= 11 is 3.46. The van der Waals surface area contributed by atoms with Crippen LogP contribution in [-0.2, 0) is 11.3 Å². The first-order valence-electron chi connectivity index (χ1n) is 9.38. The first kappa shape index (κ1) is 18.9. The van der Waals surface area contributed by atoms with E-state index in [0.717, 1.165) is 35.9 Å². The third kappa shape index (κ3) is 4.34. The Morgan fingerprint density at radius 2 is 2.04 bits per heavy atom. The van der Waals surface area contributed by atoms with Crippen LogP contribution in [-0.4, -0.2) is 22.2 Å². The Balaban J connectivity index is 1.54. The Hall–Kier alpha value is -2.44. The second-order valence-electron chi connectivity index (χ2n) is 6.75. The molecule has 144 valence electrons. The minimum atomic E-state index is -0.162. The molecule has 1 saturated heterocycles. The van der Waals surface area contributed by atoms with Crippen LogP contribution in [0.3, 0.4) is 0 Å². The summed E-state index contributed by atoms with van der Waals surface area (Å²) in [6.07, 6.45) is 4.82. The molecule has 0 amide bonds. The lowest BCUT2D eigenvalue weighted by atomic mass is 10.1. The lowest BCUT2D eigenvalue weighted by Gasteiger charge is -2.22. The molecular formula is C22H21BrN2O3. The van der Waals surface area contributed by atoms with Crippen LogP contribution in [0.15, 0.2) is 65.3 Å². The number of hydrogen-bond donors (Lipinski definition) is 0. The summed E-state index contributed by atoms with van der Waals surface area (Å²) in [7, 11) is 0. The highest BCUT2D eigenvalue weighted by molar-refractivity contribution is 9.10. The summed E-state index contributed by atoms with van der Waals surface area (Å²) in [5.41, 5.74) is 1.93. The van der Waals surface area contributed by atoms with E-state index in [2.05, 4.69) is 21.0 Å². The van der Waals surface area contributed by atoms with Gasteiger partial charge in [0.05, 0.1) is 5.56 Å². The van der Waals surface area contributed by atoms with Crippen LogP contribution in [0.25, 0.3) is 0 Å². The third-order valence-corrected chi connectivity index (χ3v) is 5.21. The Morgan fingerprint density at radius 3 is 2.82 bits per heavy atom. The molecule has 1 unspecified atom stereocenters. The number of ketones is 1. The Kier molecular flexibility index (Phi) is 5.88. The van der Waals surface area contributed by atoms with Crippen molar-refractivity contribution in [2.75, 3.05) is 6.61 Å². The molecule has 0 saturated carbocycles. The van der Waals surface area contributed by atoms with E-state index >= 15 is 0 Å². The number of rotatable bonds is 6. The van der Waals surface area contributed by atoms with Crippen LogP contribution in [0.5, 0.6) is 5.75 Å². The molecule has 1 aromatic heterocycles. The molecule has 2 heterocycles. The van der Waals surface area contributed by atoms with Crippen LogP contribution in [0.2, 0.25) is 0 Å². The number of carbonyl (C=O) groups is 1. The highest BCUT2D eigenvalue weighted by atomic mass is 79.9.